The van der Waals surface area contributed by atoms with Gasteiger partial charge in [0.15, 0.2) is 0 Å². The van der Waals surface area contributed by atoms with E-state index in [9.17, 15) is 4.79 Å². The maximum absolute atomic E-state index is 11.1. The molecule has 1 aromatic carbocycles. The second-order valence-electron chi connectivity index (χ2n) is 2.66. The average molecular weight is 205 g/mol. The maximum Gasteiger partial charge on any atom is 0.249 e. The molecule has 1 heterocycles. The molecule has 2 N–H and O–H groups in total. The Kier molecular flexibility index (Phi) is 2.24. The minimum Gasteiger partial charge on any atom is -0.366 e. The monoisotopic (exact) mass is 205 g/mol. The molecular weight excluding hydrogens is 198 g/mol. The Morgan fingerprint density at radius 2 is 2.14 bits per heavy atom. The molecule has 0 bridgehead atoms. The summed E-state index contributed by atoms with van der Waals surface area (Å²) in [7, 11) is 0. The Bertz CT molecular complexity index is 453. The zero-order valence-electron chi connectivity index (χ0n) is 7.18. The lowest BCUT2D eigenvalue weighted by molar-refractivity contribution is 0.100. The zero-order chi connectivity index (χ0) is 9.97. The van der Waals surface area contributed by atoms with Crippen LogP contribution in [0.4, 0.5) is 0 Å². The molecule has 0 atom stereocenters. The fraction of sp³-hybridized carbons (Fsp3) is 0. The minimum atomic E-state index is -0.448. The number of nitrogens with two attached hydrogens (primary N) is 1. The fourth-order valence-corrected chi connectivity index (χ4v) is 1.74. The first-order valence-corrected chi connectivity index (χ1v) is 4.72. The summed E-state index contributed by atoms with van der Waals surface area (Å²) < 4.78 is 3.88. The van der Waals surface area contributed by atoms with E-state index in [0.717, 1.165) is 5.56 Å². The number of rotatable bonds is 2. The van der Waals surface area contributed by atoms with Crippen molar-refractivity contribution in [2.24, 2.45) is 5.73 Å². The van der Waals surface area contributed by atoms with Gasteiger partial charge in [0, 0.05) is 11.1 Å². The van der Waals surface area contributed by atoms with Gasteiger partial charge in [0.2, 0.25) is 5.91 Å². The summed E-state index contributed by atoms with van der Waals surface area (Å²) in [6.45, 7) is 0. The first kappa shape index (κ1) is 8.83. The van der Waals surface area contributed by atoms with E-state index in [-0.39, 0.29) is 0 Å². The van der Waals surface area contributed by atoms with Crippen molar-refractivity contribution in [3.63, 3.8) is 0 Å². The van der Waals surface area contributed by atoms with E-state index in [0.29, 0.717) is 10.6 Å². The van der Waals surface area contributed by atoms with Crippen molar-refractivity contribution in [2.75, 3.05) is 0 Å². The second-order valence-corrected chi connectivity index (χ2v) is 3.44. The van der Waals surface area contributed by atoms with Gasteiger partial charge in [-0.2, -0.15) is 4.37 Å². The zero-order valence-corrected chi connectivity index (χ0v) is 7.99. The third kappa shape index (κ3) is 1.49. The van der Waals surface area contributed by atoms with Crippen LogP contribution in [0.5, 0.6) is 0 Å². The van der Waals surface area contributed by atoms with E-state index in [2.05, 4.69) is 9.36 Å². The van der Waals surface area contributed by atoms with Crippen molar-refractivity contribution in [2.45, 2.75) is 0 Å². The number of benzene rings is 1. The second kappa shape index (κ2) is 3.55. The summed E-state index contributed by atoms with van der Waals surface area (Å²) in [6.07, 6.45) is 1.46. The van der Waals surface area contributed by atoms with Crippen LogP contribution in [0.25, 0.3) is 10.6 Å². The first-order valence-electron chi connectivity index (χ1n) is 3.95. The molecule has 70 valence electrons. The van der Waals surface area contributed by atoms with Gasteiger partial charge in [0.25, 0.3) is 0 Å². The third-order valence-electron chi connectivity index (χ3n) is 1.78. The molecule has 0 aliphatic carbocycles. The number of nitrogens with zero attached hydrogens (tertiary/aromatic N) is 2. The van der Waals surface area contributed by atoms with Crippen LogP contribution < -0.4 is 5.73 Å². The average Bonchev–Trinajstić information content (AvgIpc) is 2.70. The summed E-state index contributed by atoms with van der Waals surface area (Å²) in [5, 5.41) is 0.708. The molecule has 1 amide bonds. The van der Waals surface area contributed by atoms with Gasteiger partial charge in [-0.1, -0.05) is 18.2 Å². The summed E-state index contributed by atoms with van der Waals surface area (Å²) in [4.78, 5) is 15.1. The fourth-order valence-electron chi connectivity index (χ4n) is 1.18. The molecule has 14 heavy (non-hydrogen) atoms. The van der Waals surface area contributed by atoms with Crippen LogP contribution in [0.2, 0.25) is 0 Å². The number of hydrogen-bond donors (Lipinski definition) is 1. The highest BCUT2D eigenvalue weighted by molar-refractivity contribution is 7.09. The van der Waals surface area contributed by atoms with Crippen LogP contribution in [0, 0.1) is 0 Å². The number of aromatic nitrogens is 2. The standard InChI is InChI=1S/C9H7N3OS/c10-8(13)6-3-1-2-4-7(6)9-11-5-12-14-9/h1-5H,(H2,10,13). The van der Waals surface area contributed by atoms with Gasteiger partial charge in [-0.05, 0) is 17.6 Å². The van der Waals surface area contributed by atoms with Crippen LogP contribution in [0.1, 0.15) is 10.4 Å². The molecule has 4 nitrogen and oxygen atoms in total. The van der Waals surface area contributed by atoms with E-state index in [4.69, 9.17) is 5.73 Å². The number of hydrogen-bond acceptors (Lipinski definition) is 4. The van der Waals surface area contributed by atoms with Crippen LogP contribution >= 0.6 is 11.5 Å². The lowest BCUT2D eigenvalue weighted by atomic mass is 10.1. The molecule has 5 heteroatoms. The number of carbonyl (C=O) groups excluding carboxylic acids is 1. The molecule has 2 aromatic rings. The molecule has 1 aromatic heterocycles. The smallest absolute Gasteiger partial charge is 0.249 e. The summed E-state index contributed by atoms with van der Waals surface area (Å²) >= 11 is 1.24. The van der Waals surface area contributed by atoms with Crippen LogP contribution in [-0.2, 0) is 0 Å². The Labute approximate surface area is 84.6 Å². The van der Waals surface area contributed by atoms with Gasteiger partial charge < -0.3 is 5.73 Å². The number of amides is 1. The maximum atomic E-state index is 11.1. The molecule has 2 rings (SSSR count). The lowest BCUT2D eigenvalue weighted by Crippen LogP contribution is -2.12. The Morgan fingerprint density at radius 3 is 2.79 bits per heavy atom. The molecule has 0 fully saturated rings. The molecule has 0 radical (unpaired) electrons. The molecule has 0 saturated heterocycles. The number of carbonyl (C=O) groups is 1. The lowest BCUT2D eigenvalue weighted by Gasteiger charge is -2.01. The van der Waals surface area contributed by atoms with Crippen LogP contribution in [0.3, 0.4) is 0 Å². The van der Waals surface area contributed by atoms with Gasteiger partial charge in [-0.3, -0.25) is 4.79 Å². The quantitative estimate of drug-likeness (QED) is 0.803. The van der Waals surface area contributed by atoms with Gasteiger partial charge >= 0.3 is 0 Å². The van der Waals surface area contributed by atoms with Crippen molar-refractivity contribution >= 4 is 17.4 Å². The highest BCUT2D eigenvalue weighted by atomic mass is 32.1. The highest BCUT2D eigenvalue weighted by Crippen LogP contribution is 2.23. The van der Waals surface area contributed by atoms with E-state index < -0.39 is 5.91 Å². The molecular formula is C9H7N3OS. The Morgan fingerprint density at radius 1 is 1.36 bits per heavy atom. The van der Waals surface area contributed by atoms with Crippen LogP contribution in [-0.4, -0.2) is 15.3 Å². The predicted molar refractivity (Wildman–Crippen MR) is 53.9 cm³/mol. The normalized spacial score (nSPS) is 10.0. The predicted octanol–water partition coefficient (Wildman–Crippen LogP) is 1.30. The topological polar surface area (TPSA) is 68.9 Å². The Hall–Kier alpha value is -1.75. The summed E-state index contributed by atoms with van der Waals surface area (Å²) in [5.41, 5.74) is 6.45. The van der Waals surface area contributed by atoms with E-state index >= 15 is 0 Å². The molecule has 0 spiro atoms. The van der Waals surface area contributed by atoms with Crippen molar-refractivity contribution in [3.8, 4) is 10.6 Å². The molecule has 0 saturated carbocycles. The first-order chi connectivity index (χ1) is 6.79. The Balaban J connectivity index is 2.58. The summed E-state index contributed by atoms with van der Waals surface area (Å²) in [5.74, 6) is -0.448. The minimum absolute atomic E-state index is 0.448. The van der Waals surface area contributed by atoms with Gasteiger partial charge in [0.05, 0.1) is 0 Å². The largest absolute Gasteiger partial charge is 0.366 e. The molecule has 0 unspecified atom stereocenters. The van der Waals surface area contributed by atoms with Crippen molar-refractivity contribution < 1.29 is 4.79 Å². The van der Waals surface area contributed by atoms with Crippen molar-refractivity contribution in [1.82, 2.24) is 9.36 Å². The van der Waals surface area contributed by atoms with Crippen molar-refractivity contribution in [1.29, 1.82) is 0 Å². The van der Waals surface area contributed by atoms with Gasteiger partial charge in [0.1, 0.15) is 11.3 Å². The SMILES string of the molecule is NC(=O)c1ccccc1-c1ncns1. The van der Waals surface area contributed by atoms with E-state index in [1.807, 2.05) is 6.07 Å². The van der Waals surface area contributed by atoms with E-state index in [1.165, 1.54) is 17.9 Å². The summed E-state index contributed by atoms with van der Waals surface area (Å²) in [6, 6.07) is 7.09. The third-order valence-corrected chi connectivity index (χ3v) is 2.48. The van der Waals surface area contributed by atoms with Crippen LogP contribution in [0.15, 0.2) is 30.6 Å². The molecule has 0 aliphatic heterocycles. The van der Waals surface area contributed by atoms with Crippen molar-refractivity contribution in [3.05, 3.63) is 36.2 Å². The number of primary amides is 1. The molecule has 0 aliphatic rings. The highest BCUT2D eigenvalue weighted by Gasteiger charge is 2.10. The van der Waals surface area contributed by atoms with E-state index in [1.54, 1.807) is 18.2 Å². The van der Waals surface area contributed by atoms with Gasteiger partial charge in [-0.25, -0.2) is 4.98 Å². The van der Waals surface area contributed by atoms with Gasteiger partial charge in [-0.15, -0.1) is 0 Å².